The molecule has 4 rings (SSSR count). The number of nitrogens with zero attached hydrogens (tertiary/aromatic N) is 1. The van der Waals surface area contributed by atoms with Crippen LogP contribution in [-0.4, -0.2) is 29.8 Å². The Balaban J connectivity index is 1.52. The van der Waals surface area contributed by atoms with Gasteiger partial charge in [-0.1, -0.05) is 24.6 Å². The fraction of sp³-hybridized carbons (Fsp3) is 0.632. The van der Waals surface area contributed by atoms with Crippen LogP contribution in [0.2, 0.25) is 0 Å². The van der Waals surface area contributed by atoms with Gasteiger partial charge in [-0.25, -0.2) is 0 Å². The second-order valence-corrected chi connectivity index (χ2v) is 7.34. The molecular formula is C19H25NO. The first-order chi connectivity index (χ1) is 10.2. The van der Waals surface area contributed by atoms with Crippen LogP contribution in [0.1, 0.15) is 66.8 Å². The molecule has 0 aromatic heterocycles. The van der Waals surface area contributed by atoms with E-state index in [4.69, 9.17) is 0 Å². The molecule has 3 aliphatic rings. The highest BCUT2D eigenvalue weighted by atomic mass is 16.1. The second kappa shape index (κ2) is 5.24. The van der Waals surface area contributed by atoms with Gasteiger partial charge in [0.2, 0.25) is 0 Å². The molecule has 0 amide bonds. The molecule has 21 heavy (non-hydrogen) atoms. The largest absolute Gasteiger partial charge is 0.300 e. The van der Waals surface area contributed by atoms with Gasteiger partial charge in [0.15, 0.2) is 5.78 Å². The smallest absolute Gasteiger partial charge is 0.166 e. The van der Waals surface area contributed by atoms with Crippen molar-refractivity contribution < 1.29 is 4.79 Å². The molecule has 0 radical (unpaired) electrons. The number of carbonyl (C=O) groups is 1. The van der Waals surface area contributed by atoms with Crippen molar-refractivity contribution in [2.45, 2.75) is 62.9 Å². The van der Waals surface area contributed by atoms with E-state index in [0.29, 0.717) is 23.8 Å². The average Bonchev–Trinajstić information content (AvgIpc) is 2.66. The number of fused-ring (bicyclic) bond motifs is 2. The van der Waals surface area contributed by atoms with E-state index in [-0.39, 0.29) is 5.92 Å². The molecule has 1 saturated carbocycles. The molecule has 1 aliphatic carbocycles. The molecule has 2 aliphatic heterocycles. The molecule has 3 fully saturated rings. The Labute approximate surface area is 127 Å². The van der Waals surface area contributed by atoms with Gasteiger partial charge >= 0.3 is 0 Å². The molecule has 0 spiro atoms. The summed E-state index contributed by atoms with van der Waals surface area (Å²) < 4.78 is 0. The average molecular weight is 283 g/mol. The van der Waals surface area contributed by atoms with Crippen LogP contribution in [0.3, 0.4) is 0 Å². The topological polar surface area (TPSA) is 20.3 Å². The third-order valence-corrected chi connectivity index (χ3v) is 6.22. The minimum atomic E-state index is 0.260. The van der Waals surface area contributed by atoms with Gasteiger partial charge in [0.25, 0.3) is 0 Å². The molecule has 2 heterocycles. The van der Waals surface area contributed by atoms with Crippen LogP contribution in [0.5, 0.6) is 0 Å². The van der Waals surface area contributed by atoms with Crippen LogP contribution in [0, 0.1) is 5.92 Å². The van der Waals surface area contributed by atoms with Crippen molar-refractivity contribution in [2.75, 3.05) is 7.05 Å². The Morgan fingerprint density at radius 1 is 1.10 bits per heavy atom. The van der Waals surface area contributed by atoms with E-state index >= 15 is 0 Å². The van der Waals surface area contributed by atoms with Crippen molar-refractivity contribution in [3.05, 3.63) is 35.4 Å². The minimum absolute atomic E-state index is 0.260. The van der Waals surface area contributed by atoms with Crippen molar-refractivity contribution in [3.63, 3.8) is 0 Å². The Kier molecular flexibility index (Phi) is 3.37. The van der Waals surface area contributed by atoms with Crippen LogP contribution in [0.25, 0.3) is 0 Å². The highest BCUT2D eigenvalue weighted by molar-refractivity contribution is 5.98. The number of rotatable bonds is 3. The maximum absolute atomic E-state index is 12.9. The fourth-order valence-electron chi connectivity index (χ4n) is 4.55. The van der Waals surface area contributed by atoms with Crippen LogP contribution in [-0.2, 0) is 0 Å². The standard InChI is InChI=1S/C19H25NO/c1-20-17-8-9-18(20)12-16(11-17)19(21)15-7-3-6-14(10-15)13-4-2-5-13/h3,6-7,10,13,16-18H,2,4-5,8-9,11-12H2,1H3. The van der Waals surface area contributed by atoms with Crippen LogP contribution >= 0.6 is 0 Å². The quantitative estimate of drug-likeness (QED) is 0.781. The number of benzene rings is 1. The second-order valence-electron chi connectivity index (χ2n) is 7.34. The van der Waals surface area contributed by atoms with E-state index in [0.717, 1.165) is 18.4 Å². The first-order valence-corrected chi connectivity index (χ1v) is 8.58. The first-order valence-electron chi connectivity index (χ1n) is 8.58. The van der Waals surface area contributed by atoms with Gasteiger partial charge in [0.1, 0.15) is 0 Å². The number of ketones is 1. The van der Waals surface area contributed by atoms with Gasteiger partial charge in [0.05, 0.1) is 0 Å². The molecule has 2 nitrogen and oxygen atoms in total. The normalized spacial score (nSPS) is 32.9. The number of Topliss-reactive ketones (excluding diaryl/α,β-unsaturated/α-hetero) is 1. The summed E-state index contributed by atoms with van der Waals surface area (Å²) in [7, 11) is 2.24. The van der Waals surface area contributed by atoms with Gasteiger partial charge in [-0.3, -0.25) is 4.79 Å². The molecule has 2 heteroatoms. The minimum Gasteiger partial charge on any atom is -0.300 e. The van der Waals surface area contributed by atoms with E-state index in [9.17, 15) is 4.79 Å². The molecule has 0 N–H and O–H groups in total. The zero-order chi connectivity index (χ0) is 14.4. The number of carbonyl (C=O) groups excluding carboxylic acids is 1. The summed E-state index contributed by atoms with van der Waals surface area (Å²) in [6, 6.07) is 9.81. The van der Waals surface area contributed by atoms with E-state index in [1.165, 1.54) is 37.7 Å². The number of hydrogen-bond acceptors (Lipinski definition) is 2. The summed E-state index contributed by atoms with van der Waals surface area (Å²) in [5.74, 6) is 1.38. The van der Waals surface area contributed by atoms with E-state index < -0.39 is 0 Å². The van der Waals surface area contributed by atoms with Gasteiger partial charge in [-0.2, -0.15) is 0 Å². The Hall–Kier alpha value is -1.15. The fourth-order valence-corrected chi connectivity index (χ4v) is 4.55. The van der Waals surface area contributed by atoms with Gasteiger partial charge in [-0.15, -0.1) is 0 Å². The van der Waals surface area contributed by atoms with E-state index in [1.807, 2.05) is 6.07 Å². The zero-order valence-electron chi connectivity index (χ0n) is 12.9. The summed E-state index contributed by atoms with van der Waals surface area (Å²) in [4.78, 5) is 15.4. The zero-order valence-corrected chi connectivity index (χ0v) is 12.9. The van der Waals surface area contributed by atoms with E-state index in [2.05, 4.69) is 30.1 Å². The lowest BCUT2D eigenvalue weighted by molar-refractivity contribution is 0.0767. The molecule has 2 unspecified atom stereocenters. The van der Waals surface area contributed by atoms with Crippen molar-refractivity contribution in [3.8, 4) is 0 Å². The molecule has 2 saturated heterocycles. The SMILES string of the molecule is CN1C2CCC1CC(C(=O)c1cccc(C3CCC3)c1)C2. The van der Waals surface area contributed by atoms with Crippen molar-refractivity contribution in [1.29, 1.82) is 0 Å². The molecule has 1 aromatic carbocycles. The molecule has 1 aromatic rings. The van der Waals surface area contributed by atoms with Crippen LogP contribution in [0.15, 0.2) is 24.3 Å². The molecule has 112 valence electrons. The van der Waals surface area contributed by atoms with Crippen LogP contribution < -0.4 is 0 Å². The summed E-state index contributed by atoms with van der Waals surface area (Å²) in [6.07, 6.45) is 8.66. The predicted octanol–water partition coefficient (Wildman–Crippen LogP) is 4.01. The van der Waals surface area contributed by atoms with Gasteiger partial charge in [-0.05, 0) is 63.1 Å². The van der Waals surface area contributed by atoms with Crippen molar-refractivity contribution >= 4 is 5.78 Å². The highest BCUT2D eigenvalue weighted by Gasteiger charge is 2.41. The third-order valence-electron chi connectivity index (χ3n) is 6.22. The lowest BCUT2D eigenvalue weighted by atomic mass is 9.78. The molecular weight excluding hydrogens is 258 g/mol. The lowest BCUT2D eigenvalue weighted by Gasteiger charge is -2.35. The maximum Gasteiger partial charge on any atom is 0.166 e. The monoisotopic (exact) mass is 283 g/mol. The predicted molar refractivity (Wildman–Crippen MR) is 84.7 cm³/mol. The van der Waals surface area contributed by atoms with Crippen LogP contribution in [0.4, 0.5) is 0 Å². The van der Waals surface area contributed by atoms with Crippen molar-refractivity contribution in [2.24, 2.45) is 5.92 Å². The first kappa shape index (κ1) is 13.5. The summed E-state index contributed by atoms with van der Waals surface area (Å²) in [6.45, 7) is 0. The summed E-state index contributed by atoms with van der Waals surface area (Å²) >= 11 is 0. The van der Waals surface area contributed by atoms with Gasteiger partial charge in [0, 0.05) is 23.6 Å². The Morgan fingerprint density at radius 3 is 2.43 bits per heavy atom. The highest BCUT2D eigenvalue weighted by Crippen LogP contribution is 2.40. The number of piperidine rings is 1. The Morgan fingerprint density at radius 2 is 1.81 bits per heavy atom. The third kappa shape index (κ3) is 2.34. The maximum atomic E-state index is 12.9. The van der Waals surface area contributed by atoms with E-state index in [1.54, 1.807) is 0 Å². The summed E-state index contributed by atoms with van der Waals surface area (Å²) in [5, 5.41) is 0. The lowest BCUT2D eigenvalue weighted by Crippen LogP contribution is -2.42. The Bertz CT molecular complexity index is 534. The summed E-state index contributed by atoms with van der Waals surface area (Å²) in [5.41, 5.74) is 2.36. The molecule has 2 atom stereocenters. The number of hydrogen-bond donors (Lipinski definition) is 0. The van der Waals surface area contributed by atoms with Gasteiger partial charge < -0.3 is 4.90 Å². The molecule has 2 bridgehead atoms. The van der Waals surface area contributed by atoms with Crippen molar-refractivity contribution in [1.82, 2.24) is 4.90 Å².